The van der Waals surface area contributed by atoms with Crippen molar-refractivity contribution in [1.82, 2.24) is 15.1 Å². The van der Waals surface area contributed by atoms with Gasteiger partial charge in [0.15, 0.2) is 0 Å². The van der Waals surface area contributed by atoms with Crippen molar-refractivity contribution < 1.29 is 19.1 Å². The number of carbonyl (C=O) groups excluding carboxylic acids is 3. The van der Waals surface area contributed by atoms with Gasteiger partial charge in [-0.25, -0.2) is 0 Å². The smallest absolute Gasteiger partial charge is 0.286 e. The molecule has 1 saturated heterocycles. The number of piperidine rings is 1. The first kappa shape index (κ1) is 23.7. The molecule has 0 radical (unpaired) electrons. The first-order valence-corrected chi connectivity index (χ1v) is 11.8. The van der Waals surface area contributed by atoms with Gasteiger partial charge in [0.2, 0.25) is 15.9 Å². The number of hydrogen-bond donors (Lipinski definition) is 2. The number of nitrogens with zero attached hydrogens (tertiary/aromatic N) is 3. The highest BCUT2D eigenvalue weighted by molar-refractivity contribution is 7.15. The van der Waals surface area contributed by atoms with Gasteiger partial charge in [0.25, 0.3) is 11.8 Å². The van der Waals surface area contributed by atoms with Crippen LogP contribution in [0.15, 0.2) is 48.5 Å². The number of methoxy groups -OCH3 is 1. The second kappa shape index (κ2) is 10.6. The number of amides is 3. The Kier molecular flexibility index (Phi) is 7.39. The molecule has 2 N–H and O–H groups in total. The Morgan fingerprint density at radius 1 is 1.06 bits per heavy atom. The number of halogens is 1. The molecule has 1 aliphatic heterocycles. The molecule has 9 nitrogen and oxygen atoms in total. The molecule has 0 aliphatic carbocycles. The molecule has 1 aromatic heterocycles. The molecule has 1 atom stereocenters. The molecule has 0 bridgehead atoms. The molecule has 1 aliphatic rings. The Bertz CT molecular complexity index is 1200. The highest BCUT2D eigenvalue weighted by Gasteiger charge is 2.31. The molecule has 1 fully saturated rings. The van der Waals surface area contributed by atoms with E-state index in [0.29, 0.717) is 41.5 Å². The van der Waals surface area contributed by atoms with E-state index < -0.39 is 5.91 Å². The van der Waals surface area contributed by atoms with E-state index in [0.717, 1.165) is 11.3 Å². The average molecular weight is 500 g/mol. The van der Waals surface area contributed by atoms with Crippen molar-refractivity contribution in [3.8, 4) is 5.75 Å². The van der Waals surface area contributed by atoms with Gasteiger partial charge in [0.1, 0.15) is 5.75 Å². The number of aromatic nitrogens is 2. The molecule has 11 heteroatoms. The summed E-state index contributed by atoms with van der Waals surface area (Å²) in [4.78, 5) is 39.8. The van der Waals surface area contributed by atoms with Gasteiger partial charge in [-0.05, 0) is 55.3 Å². The van der Waals surface area contributed by atoms with Crippen LogP contribution in [0, 0.1) is 5.92 Å². The van der Waals surface area contributed by atoms with Crippen molar-refractivity contribution in [3.05, 3.63) is 63.6 Å². The lowest BCUT2D eigenvalue weighted by Crippen LogP contribution is -2.43. The summed E-state index contributed by atoms with van der Waals surface area (Å²) >= 11 is 6.85. The molecule has 3 amide bonds. The number of anilines is 2. The molecule has 176 valence electrons. The number of hydrogen-bond acceptors (Lipinski definition) is 7. The quantitative estimate of drug-likeness (QED) is 0.531. The third-order valence-corrected chi connectivity index (χ3v) is 6.47. The summed E-state index contributed by atoms with van der Waals surface area (Å²) in [5, 5.41) is 14.0. The highest BCUT2D eigenvalue weighted by atomic mass is 35.5. The first-order chi connectivity index (χ1) is 16.4. The van der Waals surface area contributed by atoms with Crippen LogP contribution >= 0.6 is 22.9 Å². The lowest BCUT2D eigenvalue weighted by Gasteiger charge is -2.31. The molecule has 34 heavy (non-hydrogen) atoms. The third kappa shape index (κ3) is 5.70. The van der Waals surface area contributed by atoms with Gasteiger partial charge in [0.05, 0.1) is 13.0 Å². The van der Waals surface area contributed by atoms with Crippen LogP contribution in [0.4, 0.5) is 11.4 Å². The average Bonchev–Trinajstić information content (AvgIpc) is 3.35. The molecule has 0 unspecified atom stereocenters. The zero-order valence-electron chi connectivity index (χ0n) is 18.3. The van der Waals surface area contributed by atoms with Gasteiger partial charge in [0, 0.05) is 29.5 Å². The van der Waals surface area contributed by atoms with Gasteiger partial charge in [-0.2, -0.15) is 0 Å². The van der Waals surface area contributed by atoms with Gasteiger partial charge >= 0.3 is 0 Å². The van der Waals surface area contributed by atoms with Crippen LogP contribution in [0.5, 0.6) is 5.75 Å². The van der Waals surface area contributed by atoms with Gasteiger partial charge in [-0.15, -0.1) is 10.2 Å². The van der Waals surface area contributed by atoms with Crippen molar-refractivity contribution in [1.29, 1.82) is 0 Å². The largest absolute Gasteiger partial charge is 0.497 e. The monoisotopic (exact) mass is 499 g/mol. The van der Waals surface area contributed by atoms with E-state index in [9.17, 15) is 14.4 Å². The zero-order valence-corrected chi connectivity index (χ0v) is 19.9. The molecule has 0 saturated carbocycles. The lowest BCUT2D eigenvalue weighted by molar-refractivity contribution is -0.121. The normalized spacial score (nSPS) is 15.5. The summed E-state index contributed by atoms with van der Waals surface area (Å²) in [5.74, 6) is -0.625. The van der Waals surface area contributed by atoms with Crippen LogP contribution in [-0.4, -0.2) is 53.0 Å². The van der Waals surface area contributed by atoms with Crippen molar-refractivity contribution in [2.24, 2.45) is 5.92 Å². The standard InChI is InChI=1S/C23H22ClN5O4S/c1-33-18-9-7-16(8-10-18)25-19(30)14-4-3-11-29(13-14)23(32)22-28-27-21(34-22)20(31)26-17-6-2-5-15(24)12-17/h2,5-10,12,14H,3-4,11,13H2,1H3,(H,25,30)(H,26,31)/t14-/m1/s1. The summed E-state index contributed by atoms with van der Waals surface area (Å²) in [7, 11) is 1.58. The fourth-order valence-corrected chi connectivity index (χ4v) is 4.48. The lowest BCUT2D eigenvalue weighted by atomic mass is 9.97. The minimum atomic E-state index is -0.478. The predicted molar refractivity (Wildman–Crippen MR) is 130 cm³/mol. The predicted octanol–water partition coefficient (Wildman–Crippen LogP) is 3.94. The molecule has 2 heterocycles. The van der Waals surface area contributed by atoms with E-state index in [-0.39, 0.29) is 34.3 Å². The van der Waals surface area contributed by atoms with Crippen LogP contribution in [0.3, 0.4) is 0 Å². The van der Waals surface area contributed by atoms with Crippen LogP contribution in [0.2, 0.25) is 5.02 Å². The fraction of sp³-hybridized carbons (Fsp3) is 0.261. The van der Waals surface area contributed by atoms with Crippen molar-refractivity contribution in [3.63, 3.8) is 0 Å². The third-order valence-electron chi connectivity index (χ3n) is 5.32. The number of benzene rings is 2. The summed E-state index contributed by atoms with van der Waals surface area (Å²) in [6, 6.07) is 13.8. The van der Waals surface area contributed by atoms with E-state index in [2.05, 4.69) is 20.8 Å². The second-order valence-corrected chi connectivity index (χ2v) is 9.10. The molecule has 2 aromatic carbocycles. The Morgan fingerprint density at radius 3 is 2.56 bits per heavy atom. The molecular formula is C23H22ClN5O4S. The van der Waals surface area contributed by atoms with E-state index in [1.165, 1.54) is 0 Å². The molecular weight excluding hydrogens is 478 g/mol. The maximum Gasteiger partial charge on any atom is 0.286 e. The fourth-order valence-electron chi connectivity index (χ4n) is 3.58. The summed E-state index contributed by atoms with van der Waals surface area (Å²) in [5.41, 5.74) is 1.18. The van der Waals surface area contributed by atoms with Gasteiger partial charge < -0.3 is 20.3 Å². The number of nitrogens with one attached hydrogen (secondary N) is 2. The second-order valence-electron chi connectivity index (χ2n) is 7.68. The Labute approximate surface area is 205 Å². The summed E-state index contributed by atoms with van der Waals surface area (Å²) in [6.07, 6.45) is 1.36. The Hall–Kier alpha value is -3.50. The van der Waals surface area contributed by atoms with E-state index in [1.54, 1.807) is 60.5 Å². The first-order valence-electron chi connectivity index (χ1n) is 10.6. The van der Waals surface area contributed by atoms with Crippen LogP contribution in [-0.2, 0) is 4.79 Å². The van der Waals surface area contributed by atoms with Gasteiger partial charge in [-0.3, -0.25) is 14.4 Å². The van der Waals surface area contributed by atoms with E-state index >= 15 is 0 Å². The van der Waals surface area contributed by atoms with Crippen LogP contribution < -0.4 is 15.4 Å². The Balaban J connectivity index is 1.36. The number of ether oxygens (including phenoxy) is 1. The molecule has 4 rings (SSSR count). The van der Waals surface area contributed by atoms with Gasteiger partial charge in [-0.1, -0.05) is 29.0 Å². The van der Waals surface area contributed by atoms with E-state index in [4.69, 9.17) is 16.3 Å². The summed E-state index contributed by atoms with van der Waals surface area (Å²) < 4.78 is 5.13. The molecule has 3 aromatic rings. The number of carbonyl (C=O) groups is 3. The maximum atomic E-state index is 13.0. The Morgan fingerprint density at radius 2 is 1.82 bits per heavy atom. The minimum Gasteiger partial charge on any atom is -0.497 e. The zero-order chi connectivity index (χ0) is 24.1. The van der Waals surface area contributed by atoms with Crippen LogP contribution in [0.25, 0.3) is 0 Å². The van der Waals surface area contributed by atoms with Crippen molar-refractivity contribution in [2.75, 3.05) is 30.8 Å². The summed E-state index contributed by atoms with van der Waals surface area (Å²) in [6.45, 7) is 0.777. The maximum absolute atomic E-state index is 13.0. The number of likely N-dealkylation sites (tertiary alicyclic amines) is 1. The SMILES string of the molecule is COc1ccc(NC(=O)[C@@H]2CCCN(C(=O)c3nnc(C(=O)Nc4cccc(Cl)c4)s3)C2)cc1. The molecule has 0 spiro atoms. The number of rotatable bonds is 6. The van der Waals surface area contributed by atoms with Crippen molar-refractivity contribution in [2.45, 2.75) is 12.8 Å². The van der Waals surface area contributed by atoms with Crippen molar-refractivity contribution >= 4 is 52.0 Å². The minimum absolute atomic E-state index is 0.0640. The highest BCUT2D eigenvalue weighted by Crippen LogP contribution is 2.23. The van der Waals surface area contributed by atoms with E-state index in [1.807, 2.05) is 0 Å². The van der Waals surface area contributed by atoms with Crippen LogP contribution in [0.1, 0.15) is 32.4 Å². The topological polar surface area (TPSA) is 114 Å².